The lowest BCUT2D eigenvalue weighted by molar-refractivity contribution is 0.164. The molecule has 1 rings (SSSR count). The summed E-state index contributed by atoms with van der Waals surface area (Å²) < 4.78 is 26.6. The van der Waals surface area contributed by atoms with Crippen LogP contribution in [0.3, 0.4) is 0 Å². The molecule has 0 spiro atoms. The zero-order valence-corrected chi connectivity index (χ0v) is 10.0. The van der Waals surface area contributed by atoms with Crippen molar-refractivity contribution in [1.82, 2.24) is 10.6 Å². The Morgan fingerprint density at radius 3 is 2.50 bits per heavy atom. The Bertz CT molecular complexity index is 393. The number of nitrogens with one attached hydrogen (secondary N) is 2. The smallest absolute Gasteiger partial charge is 0.314 e. The number of carbonyl (C=O) groups excluding carboxylic acids is 1. The van der Waals surface area contributed by atoms with Crippen LogP contribution in [0.25, 0.3) is 0 Å². The molecular formula is C12H16F2N2O2. The first-order valence-corrected chi connectivity index (χ1v) is 5.70. The molecule has 0 heterocycles. The van der Waals surface area contributed by atoms with Crippen molar-refractivity contribution in [1.29, 1.82) is 0 Å². The summed E-state index contributed by atoms with van der Waals surface area (Å²) in [7, 11) is 0. The van der Waals surface area contributed by atoms with Crippen molar-refractivity contribution in [2.75, 3.05) is 13.1 Å². The third kappa shape index (κ3) is 3.96. The number of urea groups is 1. The van der Waals surface area contributed by atoms with Crippen molar-refractivity contribution in [3.8, 4) is 0 Å². The molecule has 4 nitrogen and oxygen atoms in total. The molecule has 0 radical (unpaired) electrons. The van der Waals surface area contributed by atoms with E-state index in [0.717, 1.165) is 18.6 Å². The van der Waals surface area contributed by atoms with Gasteiger partial charge in [0.1, 0.15) is 17.7 Å². The summed E-state index contributed by atoms with van der Waals surface area (Å²) in [6, 6.07) is 2.84. The number of aliphatic hydroxyl groups is 1. The Balaban J connectivity index is 2.55. The summed E-state index contributed by atoms with van der Waals surface area (Å²) in [5.41, 5.74) is -0.437. The minimum absolute atomic E-state index is 0.257. The lowest BCUT2D eigenvalue weighted by Gasteiger charge is -2.14. The first-order valence-electron chi connectivity index (χ1n) is 5.70. The molecular weight excluding hydrogens is 242 g/mol. The van der Waals surface area contributed by atoms with Gasteiger partial charge in [0.05, 0.1) is 5.56 Å². The predicted molar refractivity (Wildman–Crippen MR) is 63.0 cm³/mol. The number of carbonyl (C=O) groups is 1. The number of halogens is 2. The van der Waals surface area contributed by atoms with Crippen molar-refractivity contribution in [3.05, 3.63) is 35.4 Å². The van der Waals surface area contributed by atoms with Crippen molar-refractivity contribution in [2.45, 2.75) is 19.4 Å². The fourth-order valence-corrected chi connectivity index (χ4v) is 1.42. The Morgan fingerprint density at radius 2 is 1.94 bits per heavy atom. The minimum atomic E-state index is -1.42. The van der Waals surface area contributed by atoms with Crippen molar-refractivity contribution >= 4 is 6.03 Å². The van der Waals surface area contributed by atoms with Gasteiger partial charge in [0.25, 0.3) is 0 Å². The summed E-state index contributed by atoms with van der Waals surface area (Å²) in [5.74, 6) is -1.67. The average Bonchev–Trinajstić information content (AvgIpc) is 2.33. The van der Waals surface area contributed by atoms with Crippen molar-refractivity contribution in [2.24, 2.45) is 0 Å². The van der Waals surface area contributed by atoms with Crippen LogP contribution in [0, 0.1) is 11.6 Å². The van der Waals surface area contributed by atoms with E-state index in [2.05, 4.69) is 10.6 Å². The van der Waals surface area contributed by atoms with E-state index in [4.69, 9.17) is 0 Å². The van der Waals surface area contributed by atoms with Gasteiger partial charge in [0, 0.05) is 13.1 Å². The summed E-state index contributed by atoms with van der Waals surface area (Å²) in [6.07, 6.45) is -0.642. The second-order valence-corrected chi connectivity index (χ2v) is 3.79. The largest absolute Gasteiger partial charge is 0.386 e. The molecule has 0 saturated carbocycles. The molecule has 1 unspecified atom stereocenters. The molecule has 0 aromatic heterocycles. The monoisotopic (exact) mass is 258 g/mol. The highest BCUT2D eigenvalue weighted by Gasteiger charge is 2.18. The molecule has 100 valence electrons. The normalized spacial score (nSPS) is 12.0. The highest BCUT2D eigenvalue weighted by Crippen LogP contribution is 2.19. The first-order chi connectivity index (χ1) is 8.56. The summed E-state index contributed by atoms with van der Waals surface area (Å²) in [4.78, 5) is 11.2. The molecule has 0 aliphatic heterocycles. The summed E-state index contributed by atoms with van der Waals surface area (Å²) >= 11 is 0. The molecule has 2 amide bonds. The van der Waals surface area contributed by atoms with E-state index in [1.807, 2.05) is 6.92 Å². The summed E-state index contributed by atoms with van der Waals surface area (Å²) in [6.45, 7) is 2.13. The first kappa shape index (κ1) is 14.4. The van der Waals surface area contributed by atoms with E-state index in [1.54, 1.807) is 0 Å². The minimum Gasteiger partial charge on any atom is -0.386 e. The third-order valence-electron chi connectivity index (χ3n) is 2.32. The Morgan fingerprint density at radius 1 is 1.33 bits per heavy atom. The van der Waals surface area contributed by atoms with Gasteiger partial charge < -0.3 is 15.7 Å². The van der Waals surface area contributed by atoms with Gasteiger partial charge in [-0.25, -0.2) is 13.6 Å². The van der Waals surface area contributed by atoms with Crippen molar-refractivity contribution < 1.29 is 18.7 Å². The van der Waals surface area contributed by atoms with Gasteiger partial charge in [0.2, 0.25) is 0 Å². The molecule has 18 heavy (non-hydrogen) atoms. The zero-order chi connectivity index (χ0) is 13.5. The molecule has 1 aromatic carbocycles. The number of rotatable bonds is 5. The van der Waals surface area contributed by atoms with Crippen LogP contribution >= 0.6 is 0 Å². The van der Waals surface area contributed by atoms with E-state index in [9.17, 15) is 18.7 Å². The average molecular weight is 258 g/mol. The van der Waals surface area contributed by atoms with Gasteiger partial charge >= 0.3 is 6.03 Å². The van der Waals surface area contributed by atoms with Gasteiger partial charge in [-0.05, 0) is 18.6 Å². The molecule has 6 heteroatoms. The SMILES string of the molecule is CCCNC(=O)NCC(O)c1c(F)cccc1F. The highest BCUT2D eigenvalue weighted by molar-refractivity contribution is 5.73. The molecule has 0 fully saturated rings. The fourth-order valence-electron chi connectivity index (χ4n) is 1.42. The van der Waals surface area contributed by atoms with Gasteiger partial charge in [-0.3, -0.25) is 0 Å². The second-order valence-electron chi connectivity index (χ2n) is 3.79. The van der Waals surface area contributed by atoms with Crippen LogP contribution in [0.5, 0.6) is 0 Å². The highest BCUT2D eigenvalue weighted by atomic mass is 19.1. The number of amides is 2. The molecule has 1 atom stereocenters. The van der Waals surface area contributed by atoms with Gasteiger partial charge in [-0.2, -0.15) is 0 Å². The molecule has 0 aliphatic rings. The molecule has 1 aromatic rings. The third-order valence-corrected chi connectivity index (χ3v) is 2.32. The fraction of sp³-hybridized carbons (Fsp3) is 0.417. The molecule has 0 saturated heterocycles. The van der Waals surface area contributed by atoms with E-state index in [1.165, 1.54) is 6.07 Å². The van der Waals surface area contributed by atoms with E-state index >= 15 is 0 Å². The maximum absolute atomic E-state index is 13.3. The predicted octanol–water partition coefficient (Wildman–Crippen LogP) is 1.71. The van der Waals surface area contributed by atoms with Crippen LogP contribution in [0.2, 0.25) is 0 Å². The van der Waals surface area contributed by atoms with Crippen LogP contribution in [0.1, 0.15) is 25.0 Å². The lowest BCUT2D eigenvalue weighted by Crippen LogP contribution is -2.38. The lowest BCUT2D eigenvalue weighted by atomic mass is 10.1. The van der Waals surface area contributed by atoms with Crippen LogP contribution in [0.15, 0.2) is 18.2 Å². The van der Waals surface area contributed by atoms with Crippen LogP contribution in [-0.4, -0.2) is 24.2 Å². The standard InChI is InChI=1S/C12H16F2N2O2/c1-2-6-15-12(18)16-7-10(17)11-8(13)4-3-5-9(11)14/h3-5,10,17H,2,6-7H2,1H3,(H2,15,16,18). The molecule has 0 aliphatic carbocycles. The van der Waals surface area contributed by atoms with Crippen LogP contribution in [-0.2, 0) is 0 Å². The molecule has 0 bridgehead atoms. The van der Waals surface area contributed by atoms with Gasteiger partial charge in [0.15, 0.2) is 0 Å². The van der Waals surface area contributed by atoms with Gasteiger partial charge in [-0.1, -0.05) is 13.0 Å². The number of aliphatic hydroxyl groups excluding tert-OH is 1. The van der Waals surface area contributed by atoms with Gasteiger partial charge in [-0.15, -0.1) is 0 Å². The Labute approximate surface area is 104 Å². The van der Waals surface area contributed by atoms with E-state index < -0.39 is 29.3 Å². The Kier molecular flexibility index (Phi) is 5.51. The maximum Gasteiger partial charge on any atom is 0.314 e. The van der Waals surface area contributed by atoms with E-state index in [-0.39, 0.29) is 6.54 Å². The zero-order valence-electron chi connectivity index (χ0n) is 10.0. The quantitative estimate of drug-likeness (QED) is 0.753. The Hall–Kier alpha value is -1.69. The number of hydrogen-bond donors (Lipinski definition) is 3. The number of benzene rings is 1. The maximum atomic E-state index is 13.3. The van der Waals surface area contributed by atoms with E-state index in [0.29, 0.717) is 6.54 Å². The second kappa shape index (κ2) is 6.90. The van der Waals surface area contributed by atoms with Crippen LogP contribution < -0.4 is 10.6 Å². The summed E-state index contributed by atoms with van der Waals surface area (Å²) in [5, 5.41) is 14.5. The topological polar surface area (TPSA) is 61.4 Å². The number of hydrogen-bond acceptors (Lipinski definition) is 2. The van der Waals surface area contributed by atoms with Crippen molar-refractivity contribution in [3.63, 3.8) is 0 Å². The van der Waals surface area contributed by atoms with Crippen LogP contribution in [0.4, 0.5) is 13.6 Å². The molecule has 3 N–H and O–H groups in total.